The summed E-state index contributed by atoms with van der Waals surface area (Å²) in [5.41, 5.74) is 4.36. The van der Waals surface area contributed by atoms with Crippen molar-refractivity contribution >= 4 is 16.6 Å². The number of aromatic nitrogens is 1. The van der Waals surface area contributed by atoms with Crippen LogP contribution < -0.4 is 0 Å². The molecule has 0 amide bonds. The summed E-state index contributed by atoms with van der Waals surface area (Å²) in [6, 6.07) is 32.9. The first-order valence-electron chi connectivity index (χ1n) is 14.2. The average molecular weight is 580 g/mol. The van der Waals surface area contributed by atoms with Gasteiger partial charge < -0.3 is 24.4 Å². The van der Waals surface area contributed by atoms with Gasteiger partial charge in [0.2, 0.25) is 0 Å². The number of H-pyrrole nitrogens is 1. The number of ether oxygens (including phenoxy) is 3. The standard InChI is InChI=1S/C34H33N3O6/c38-36-31(23-41-20-24-10-4-1-5-11-24)33(42-21-25-12-6-2-7-13-25)34(43-22-26-14-8-3-9-15-26)32(36)29-19-35-30-17-16-27(37(39)40)18-28(29)30/h1-19,31-35,38H,20-23H2/t31-,32-,33-,34-/m0/s1. The maximum atomic E-state index is 11.8. The Labute approximate surface area is 249 Å². The molecule has 4 aromatic carbocycles. The number of nitrogens with one attached hydrogen (secondary N) is 1. The van der Waals surface area contributed by atoms with Crippen molar-refractivity contribution in [1.29, 1.82) is 0 Å². The Morgan fingerprint density at radius 1 is 0.767 bits per heavy atom. The number of fused-ring (bicyclic) bond motifs is 1. The third kappa shape index (κ3) is 6.51. The van der Waals surface area contributed by atoms with E-state index in [1.54, 1.807) is 12.3 Å². The topological polar surface area (TPSA) is 110 Å². The molecule has 2 heterocycles. The van der Waals surface area contributed by atoms with E-state index in [9.17, 15) is 15.3 Å². The summed E-state index contributed by atoms with van der Waals surface area (Å²) >= 11 is 0. The van der Waals surface area contributed by atoms with Gasteiger partial charge in [0, 0.05) is 29.2 Å². The zero-order chi connectivity index (χ0) is 29.6. The second-order valence-corrected chi connectivity index (χ2v) is 10.6. The molecule has 9 heteroatoms. The fourth-order valence-corrected chi connectivity index (χ4v) is 5.68. The summed E-state index contributed by atoms with van der Waals surface area (Å²) < 4.78 is 19.3. The molecule has 43 heavy (non-hydrogen) atoms. The van der Waals surface area contributed by atoms with E-state index in [0.717, 1.165) is 22.2 Å². The van der Waals surface area contributed by atoms with Gasteiger partial charge in [0.1, 0.15) is 12.2 Å². The molecule has 1 fully saturated rings. The summed E-state index contributed by atoms with van der Waals surface area (Å²) in [4.78, 5) is 14.4. The predicted molar refractivity (Wildman–Crippen MR) is 161 cm³/mol. The normalized spacial score (nSPS) is 20.5. The van der Waals surface area contributed by atoms with E-state index in [0.29, 0.717) is 30.8 Å². The van der Waals surface area contributed by atoms with Crippen LogP contribution in [0.3, 0.4) is 0 Å². The van der Waals surface area contributed by atoms with Crippen LogP contribution in [0.4, 0.5) is 5.69 Å². The summed E-state index contributed by atoms with van der Waals surface area (Å²) in [7, 11) is 0. The smallest absolute Gasteiger partial charge is 0.270 e. The van der Waals surface area contributed by atoms with Crippen LogP contribution in [0.1, 0.15) is 28.3 Å². The lowest BCUT2D eigenvalue weighted by atomic mass is 9.99. The van der Waals surface area contributed by atoms with Crippen LogP contribution in [0.2, 0.25) is 0 Å². The van der Waals surface area contributed by atoms with Crippen LogP contribution >= 0.6 is 0 Å². The fraction of sp³-hybridized carbons (Fsp3) is 0.235. The van der Waals surface area contributed by atoms with Crippen molar-refractivity contribution in [3.8, 4) is 0 Å². The molecule has 1 saturated heterocycles. The minimum absolute atomic E-state index is 0.0304. The van der Waals surface area contributed by atoms with Crippen LogP contribution in [-0.2, 0) is 34.0 Å². The molecule has 1 aliphatic rings. The Morgan fingerprint density at radius 2 is 1.33 bits per heavy atom. The van der Waals surface area contributed by atoms with E-state index in [2.05, 4.69) is 4.98 Å². The highest BCUT2D eigenvalue weighted by Gasteiger charge is 2.52. The number of nitrogens with zero attached hydrogens (tertiary/aromatic N) is 2. The molecule has 0 unspecified atom stereocenters. The minimum atomic E-state index is -0.689. The Hall–Kier alpha value is -4.38. The summed E-state index contributed by atoms with van der Waals surface area (Å²) in [6.07, 6.45) is 0.568. The maximum absolute atomic E-state index is 11.8. The largest absolute Gasteiger partial charge is 0.375 e. The average Bonchev–Trinajstić information content (AvgIpc) is 3.57. The van der Waals surface area contributed by atoms with E-state index in [1.807, 2.05) is 91.0 Å². The molecule has 2 N–H and O–H groups in total. The zero-order valence-corrected chi connectivity index (χ0v) is 23.5. The lowest BCUT2D eigenvalue weighted by Crippen LogP contribution is -2.40. The predicted octanol–water partition coefficient (Wildman–Crippen LogP) is 6.58. The second kappa shape index (κ2) is 13.3. The van der Waals surface area contributed by atoms with Crippen molar-refractivity contribution in [2.75, 3.05) is 6.61 Å². The minimum Gasteiger partial charge on any atom is -0.375 e. The number of non-ortho nitro benzene ring substituents is 1. The lowest BCUT2D eigenvalue weighted by Gasteiger charge is -2.26. The second-order valence-electron chi connectivity index (χ2n) is 10.6. The van der Waals surface area contributed by atoms with Crippen molar-refractivity contribution < 1.29 is 24.3 Å². The first-order valence-corrected chi connectivity index (χ1v) is 14.2. The number of hydroxylamine groups is 2. The molecule has 0 bridgehead atoms. The van der Waals surface area contributed by atoms with Gasteiger partial charge in [-0.05, 0) is 28.3 Å². The quantitative estimate of drug-likeness (QED) is 0.127. The zero-order valence-electron chi connectivity index (χ0n) is 23.5. The van der Waals surface area contributed by atoms with Crippen molar-refractivity contribution in [1.82, 2.24) is 10.0 Å². The molecule has 0 aliphatic carbocycles. The lowest BCUT2D eigenvalue weighted by molar-refractivity contribution is -0.384. The molecular formula is C34H33N3O6. The Kier molecular flexibility index (Phi) is 8.88. The van der Waals surface area contributed by atoms with Gasteiger partial charge in [0.05, 0.1) is 43.4 Å². The van der Waals surface area contributed by atoms with E-state index >= 15 is 0 Å². The van der Waals surface area contributed by atoms with Gasteiger partial charge in [-0.2, -0.15) is 5.06 Å². The molecule has 0 spiro atoms. The van der Waals surface area contributed by atoms with E-state index < -0.39 is 29.2 Å². The van der Waals surface area contributed by atoms with E-state index in [1.165, 1.54) is 17.2 Å². The maximum Gasteiger partial charge on any atom is 0.270 e. The molecule has 9 nitrogen and oxygen atoms in total. The molecule has 220 valence electrons. The van der Waals surface area contributed by atoms with Gasteiger partial charge in [-0.1, -0.05) is 91.0 Å². The van der Waals surface area contributed by atoms with Gasteiger partial charge >= 0.3 is 0 Å². The summed E-state index contributed by atoms with van der Waals surface area (Å²) in [5.74, 6) is 0. The van der Waals surface area contributed by atoms with Crippen molar-refractivity contribution in [3.05, 3.63) is 148 Å². The number of benzene rings is 4. The van der Waals surface area contributed by atoms with Crippen LogP contribution in [0.25, 0.3) is 10.9 Å². The van der Waals surface area contributed by atoms with Crippen molar-refractivity contribution in [2.24, 2.45) is 0 Å². The number of nitro benzene ring substituents is 1. The van der Waals surface area contributed by atoms with E-state index in [-0.39, 0.29) is 12.3 Å². The van der Waals surface area contributed by atoms with Gasteiger partial charge in [-0.25, -0.2) is 0 Å². The highest BCUT2D eigenvalue weighted by molar-refractivity contribution is 5.86. The van der Waals surface area contributed by atoms with Gasteiger partial charge in [-0.3, -0.25) is 10.1 Å². The van der Waals surface area contributed by atoms with Gasteiger partial charge in [0.15, 0.2) is 0 Å². The molecule has 5 aromatic rings. The van der Waals surface area contributed by atoms with Crippen molar-refractivity contribution in [3.63, 3.8) is 0 Å². The monoisotopic (exact) mass is 579 g/mol. The van der Waals surface area contributed by atoms with Gasteiger partial charge in [0.25, 0.3) is 5.69 Å². The molecule has 1 aromatic heterocycles. The van der Waals surface area contributed by atoms with Crippen LogP contribution in [0.15, 0.2) is 115 Å². The fourth-order valence-electron chi connectivity index (χ4n) is 5.68. The molecule has 0 radical (unpaired) electrons. The molecule has 6 rings (SSSR count). The van der Waals surface area contributed by atoms with Crippen molar-refractivity contribution in [2.45, 2.75) is 44.1 Å². The number of nitro groups is 1. The Morgan fingerprint density at radius 3 is 1.91 bits per heavy atom. The number of rotatable bonds is 12. The highest BCUT2D eigenvalue weighted by Crippen LogP contribution is 2.42. The molecule has 0 saturated carbocycles. The Balaban J connectivity index is 1.35. The molecular weight excluding hydrogens is 546 g/mol. The Bertz CT molecular complexity index is 1630. The third-order valence-electron chi connectivity index (χ3n) is 7.84. The number of aromatic amines is 1. The summed E-state index contributed by atoms with van der Waals surface area (Å²) in [5, 5.41) is 25.3. The van der Waals surface area contributed by atoms with Gasteiger partial charge in [-0.15, -0.1) is 0 Å². The van der Waals surface area contributed by atoms with E-state index in [4.69, 9.17) is 14.2 Å². The number of hydrogen-bond acceptors (Lipinski definition) is 7. The molecule has 1 aliphatic heterocycles. The van der Waals surface area contributed by atoms with Crippen LogP contribution in [0, 0.1) is 10.1 Å². The van der Waals surface area contributed by atoms with Crippen LogP contribution in [0.5, 0.6) is 0 Å². The highest BCUT2D eigenvalue weighted by atomic mass is 16.6. The van der Waals surface area contributed by atoms with Crippen LogP contribution in [-0.4, -0.2) is 45.0 Å². The SMILES string of the molecule is O=[N+]([O-])c1ccc2[nH]cc([C@H]3[C@H](OCc4ccccc4)[C@@H](OCc4ccccc4)[C@H](COCc4ccccc4)N3O)c2c1. The first kappa shape index (κ1) is 28.7. The number of hydrogen-bond donors (Lipinski definition) is 2. The first-order chi connectivity index (χ1) is 21.1. The summed E-state index contributed by atoms with van der Waals surface area (Å²) in [6.45, 7) is 1.15. The molecule has 4 atom stereocenters. The third-order valence-corrected chi connectivity index (χ3v) is 7.84.